The van der Waals surface area contributed by atoms with Gasteiger partial charge in [0.05, 0.1) is 11.8 Å². The van der Waals surface area contributed by atoms with E-state index in [4.69, 9.17) is 4.74 Å². The molecule has 1 aromatic carbocycles. The highest BCUT2D eigenvalue weighted by Crippen LogP contribution is 2.13. The van der Waals surface area contributed by atoms with Crippen LogP contribution < -0.4 is 10.2 Å². The van der Waals surface area contributed by atoms with Crippen molar-refractivity contribution in [3.63, 3.8) is 0 Å². The molecule has 2 amide bonds. The molecule has 0 spiro atoms. The van der Waals surface area contributed by atoms with Crippen molar-refractivity contribution in [2.75, 3.05) is 19.7 Å². The number of hydrazone groups is 1. The van der Waals surface area contributed by atoms with E-state index in [9.17, 15) is 9.59 Å². The molecule has 2 heterocycles. The number of carbonyl (C=O) groups excluding carboxylic acids is 2. The third-order valence-electron chi connectivity index (χ3n) is 4.25. The Bertz CT molecular complexity index is 785. The monoisotopic (exact) mass is 366 g/mol. The second-order valence-corrected chi connectivity index (χ2v) is 6.24. The van der Waals surface area contributed by atoms with Crippen molar-refractivity contribution in [2.24, 2.45) is 5.10 Å². The van der Waals surface area contributed by atoms with Crippen LogP contribution in [0.15, 0.2) is 53.9 Å². The van der Waals surface area contributed by atoms with Crippen LogP contribution in [-0.4, -0.2) is 47.6 Å². The standard InChI is InChI=1S/C20H22N4O3/c25-19(24-11-2-1-3-12-24)15-27-18-8-6-16(7-9-18)13-22-23-20(26)17-5-4-10-21-14-17/h4-10,13-14H,1-3,11-12,15H2,(H,23,26)/b22-13-. The molecular formula is C20H22N4O3. The maximum absolute atomic E-state index is 12.1. The molecule has 0 saturated carbocycles. The van der Waals surface area contributed by atoms with Crippen molar-refractivity contribution in [2.45, 2.75) is 19.3 Å². The molecule has 7 nitrogen and oxygen atoms in total. The molecule has 0 radical (unpaired) electrons. The molecule has 140 valence electrons. The SMILES string of the molecule is O=C(N/N=C\c1ccc(OCC(=O)N2CCCCC2)cc1)c1cccnc1. The first-order chi connectivity index (χ1) is 13.2. The van der Waals surface area contributed by atoms with Gasteiger partial charge in [-0.25, -0.2) is 5.43 Å². The van der Waals surface area contributed by atoms with E-state index in [1.165, 1.54) is 18.8 Å². The van der Waals surface area contributed by atoms with E-state index in [-0.39, 0.29) is 18.4 Å². The number of carbonyl (C=O) groups is 2. The Morgan fingerprint density at radius 1 is 1.15 bits per heavy atom. The Morgan fingerprint density at radius 2 is 1.93 bits per heavy atom. The highest BCUT2D eigenvalue weighted by molar-refractivity contribution is 5.94. The second-order valence-electron chi connectivity index (χ2n) is 6.24. The highest BCUT2D eigenvalue weighted by atomic mass is 16.5. The zero-order chi connectivity index (χ0) is 18.9. The maximum atomic E-state index is 12.1. The summed E-state index contributed by atoms with van der Waals surface area (Å²) < 4.78 is 5.56. The minimum atomic E-state index is -0.324. The number of ether oxygens (including phenoxy) is 1. The number of aromatic nitrogens is 1. The van der Waals surface area contributed by atoms with Crippen molar-refractivity contribution >= 4 is 18.0 Å². The Balaban J connectivity index is 1.45. The fraction of sp³-hybridized carbons (Fsp3) is 0.300. The molecule has 0 aliphatic carbocycles. The van der Waals surface area contributed by atoms with Gasteiger partial charge >= 0.3 is 0 Å². The van der Waals surface area contributed by atoms with Crippen LogP contribution in [0.5, 0.6) is 5.75 Å². The third kappa shape index (κ3) is 5.64. The van der Waals surface area contributed by atoms with Crippen LogP contribution in [0.25, 0.3) is 0 Å². The molecule has 2 aromatic rings. The number of hydrogen-bond donors (Lipinski definition) is 1. The zero-order valence-electron chi connectivity index (χ0n) is 15.0. The number of hydrogen-bond acceptors (Lipinski definition) is 5. The molecule has 1 N–H and O–H groups in total. The first kappa shape index (κ1) is 18.6. The summed E-state index contributed by atoms with van der Waals surface area (Å²) in [6.07, 6.45) is 7.94. The Kier molecular flexibility index (Phi) is 6.51. The van der Waals surface area contributed by atoms with Crippen LogP contribution in [0, 0.1) is 0 Å². The van der Waals surface area contributed by atoms with Crippen molar-refractivity contribution in [3.8, 4) is 5.75 Å². The summed E-state index contributed by atoms with van der Waals surface area (Å²) in [5.41, 5.74) is 3.69. The number of nitrogens with one attached hydrogen (secondary N) is 1. The Morgan fingerprint density at radius 3 is 2.63 bits per heavy atom. The van der Waals surface area contributed by atoms with Gasteiger partial charge in [0, 0.05) is 25.5 Å². The summed E-state index contributed by atoms with van der Waals surface area (Å²) in [7, 11) is 0. The van der Waals surface area contributed by atoms with Gasteiger partial charge in [-0.15, -0.1) is 0 Å². The fourth-order valence-electron chi connectivity index (χ4n) is 2.76. The summed E-state index contributed by atoms with van der Waals surface area (Å²) in [6.45, 7) is 1.69. The molecular weight excluding hydrogens is 344 g/mol. The third-order valence-corrected chi connectivity index (χ3v) is 4.25. The average molecular weight is 366 g/mol. The number of likely N-dealkylation sites (tertiary alicyclic amines) is 1. The van der Waals surface area contributed by atoms with Crippen molar-refractivity contribution < 1.29 is 14.3 Å². The number of pyridine rings is 1. The number of rotatable bonds is 6. The maximum Gasteiger partial charge on any atom is 0.272 e. The summed E-state index contributed by atoms with van der Waals surface area (Å²) >= 11 is 0. The molecule has 0 atom stereocenters. The van der Waals surface area contributed by atoms with Gasteiger partial charge in [-0.1, -0.05) is 0 Å². The van der Waals surface area contributed by atoms with Gasteiger partial charge in [0.15, 0.2) is 6.61 Å². The van der Waals surface area contributed by atoms with E-state index >= 15 is 0 Å². The van der Waals surface area contributed by atoms with Crippen molar-refractivity contribution in [3.05, 3.63) is 59.9 Å². The quantitative estimate of drug-likeness (QED) is 0.628. The van der Waals surface area contributed by atoms with E-state index in [2.05, 4.69) is 15.5 Å². The van der Waals surface area contributed by atoms with Gasteiger partial charge in [-0.3, -0.25) is 14.6 Å². The lowest BCUT2D eigenvalue weighted by Crippen LogP contribution is -2.38. The second kappa shape index (κ2) is 9.47. The summed E-state index contributed by atoms with van der Waals surface area (Å²) in [4.78, 5) is 29.7. The minimum Gasteiger partial charge on any atom is -0.484 e. The summed E-state index contributed by atoms with van der Waals surface area (Å²) in [6, 6.07) is 10.5. The predicted octanol–water partition coefficient (Wildman–Crippen LogP) is 2.24. The van der Waals surface area contributed by atoms with E-state index in [0.29, 0.717) is 11.3 Å². The predicted molar refractivity (Wildman–Crippen MR) is 102 cm³/mol. The van der Waals surface area contributed by atoms with Crippen LogP contribution in [0.3, 0.4) is 0 Å². The van der Waals surface area contributed by atoms with Crippen molar-refractivity contribution in [1.29, 1.82) is 0 Å². The molecule has 3 rings (SSSR count). The number of amides is 2. The summed E-state index contributed by atoms with van der Waals surface area (Å²) in [5.74, 6) is 0.325. The molecule has 1 saturated heterocycles. The number of nitrogens with zero attached hydrogens (tertiary/aromatic N) is 3. The van der Waals surface area contributed by atoms with E-state index in [0.717, 1.165) is 31.5 Å². The molecule has 1 fully saturated rings. The lowest BCUT2D eigenvalue weighted by molar-refractivity contribution is -0.134. The van der Waals surface area contributed by atoms with Crippen LogP contribution >= 0.6 is 0 Å². The summed E-state index contributed by atoms with van der Waals surface area (Å²) in [5, 5.41) is 3.93. The molecule has 1 aliphatic heterocycles. The Hall–Kier alpha value is -3.22. The fourth-order valence-corrected chi connectivity index (χ4v) is 2.76. The smallest absolute Gasteiger partial charge is 0.272 e. The lowest BCUT2D eigenvalue weighted by Gasteiger charge is -2.26. The minimum absolute atomic E-state index is 0.0263. The van der Waals surface area contributed by atoms with Crippen LogP contribution in [0.4, 0.5) is 0 Å². The number of benzene rings is 1. The molecule has 27 heavy (non-hydrogen) atoms. The normalized spacial score (nSPS) is 14.1. The van der Waals surface area contributed by atoms with Gasteiger partial charge in [-0.05, 0) is 61.2 Å². The molecule has 1 aliphatic rings. The van der Waals surface area contributed by atoms with E-state index in [1.54, 1.807) is 42.6 Å². The van der Waals surface area contributed by atoms with Gasteiger partial charge in [-0.2, -0.15) is 5.10 Å². The zero-order valence-corrected chi connectivity index (χ0v) is 15.0. The van der Waals surface area contributed by atoms with Crippen LogP contribution in [0.1, 0.15) is 35.2 Å². The molecule has 1 aromatic heterocycles. The first-order valence-electron chi connectivity index (χ1n) is 8.96. The van der Waals surface area contributed by atoms with Gasteiger partial charge < -0.3 is 9.64 Å². The van der Waals surface area contributed by atoms with Crippen LogP contribution in [0.2, 0.25) is 0 Å². The van der Waals surface area contributed by atoms with E-state index < -0.39 is 0 Å². The van der Waals surface area contributed by atoms with Gasteiger partial charge in [0.25, 0.3) is 11.8 Å². The van der Waals surface area contributed by atoms with Gasteiger partial charge in [0.1, 0.15) is 5.75 Å². The molecule has 0 unspecified atom stereocenters. The van der Waals surface area contributed by atoms with Crippen LogP contribution in [-0.2, 0) is 4.79 Å². The van der Waals surface area contributed by atoms with E-state index in [1.807, 2.05) is 4.90 Å². The van der Waals surface area contributed by atoms with Gasteiger partial charge in [0.2, 0.25) is 0 Å². The molecule has 7 heteroatoms. The first-order valence-corrected chi connectivity index (χ1v) is 8.96. The highest BCUT2D eigenvalue weighted by Gasteiger charge is 2.16. The topological polar surface area (TPSA) is 83.9 Å². The van der Waals surface area contributed by atoms with Crippen molar-refractivity contribution in [1.82, 2.24) is 15.3 Å². The Labute approximate surface area is 158 Å². The largest absolute Gasteiger partial charge is 0.484 e. The number of piperidine rings is 1. The lowest BCUT2D eigenvalue weighted by atomic mass is 10.1. The average Bonchev–Trinajstić information content (AvgIpc) is 2.74. The molecule has 0 bridgehead atoms.